The average molecular weight is 880 g/mol. The Kier molecular flexibility index (Phi) is 29.3. The molecule has 0 radical (unpaired) electrons. The van der Waals surface area contributed by atoms with Crippen molar-refractivity contribution >= 4 is 47.1 Å². The summed E-state index contributed by atoms with van der Waals surface area (Å²) in [5, 5.41) is 42.1. The maximum absolute atomic E-state index is 13.1. The standard InChI is InChI=1S/C42H73N9O11/c1-3-4-5-6-7-8-9-10-11-12-13-17-37(56)50-33(42(61)62)19-21-38(57)51-32(41(59)60)18-20-36(55)46-22-15-14-16-31(35(54)26-48-39(28(2)52)40(44)58)47-25-34(53)30(43)23-29-24-45-27-49-29/h24,27-28,30-33,39,47-48,52H,3-23,25-26,43H2,1-2H3,(H2,44,58)(H,45,49)(H,46,55)(H,50,56)(H,51,57)(H,59,60)(H,61,62)/t28-,30+,31+,32+,33+,39+/m1/s1. The summed E-state index contributed by atoms with van der Waals surface area (Å²) in [6.45, 7) is 3.15. The number of carboxylic acid groups (broad SMARTS) is 2. The molecular formula is C42H73N9O11. The minimum atomic E-state index is -1.42. The molecule has 0 spiro atoms. The molecule has 20 nitrogen and oxygen atoms in total. The molecule has 13 N–H and O–H groups in total. The van der Waals surface area contributed by atoms with Gasteiger partial charge in [-0.05, 0) is 45.4 Å². The maximum atomic E-state index is 13.1. The third-order valence-electron chi connectivity index (χ3n) is 10.4. The van der Waals surface area contributed by atoms with Gasteiger partial charge in [0.1, 0.15) is 18.1 Å². The summed E-state index contributed by atoms with van der Waals surface area (Å²) >= 11 is 0. The minimum Gasteiger partial charge on any atom is -0.480 e. The number of imidazole rings is 1. The second kappa shape index (κ2) is 32.9. The van der Waals surface area contributed by atoms with Crippen LogP contribution in [0.4, 0.5) is 0 Å². The van der Waals surface area contributed by atoms with Gasteiger partial charge in [0.05, 0.1) is 37.6 Å². The van der Waals surface area contributed by atoms with Crippen LogP contribution < -0.4 is 38.1 Å². The Balaban J connectivity index is 2.49. The van der Waals surface area contributed by atoms with Crippen LogP contribution in [-0.4, -0.2) is 128 Å². The fourth-order valence-corrected chi connectivity index (χ4v) is 6.66. The van der Waals surface area contributed by atoms with Crippen molar-refractivity contribution in [3.63, 3.8) is 0 Å². The van der Waals surface area contributed by atoms with Gasteiger partial charge in [-0.25, -0.2) is 14.6 Å². The summed E-state index contributed by atoms with van der Waals surface area (Å²) in [5.41, 5.74) is 12.0. The number of nitrogens with one attached hydrogen (secondary N) is 6. The third kappa shape index (κ3) is 25.9. The Hall–Kier alpha value is -4.79. The van der Waals surface area contributed by atoms with Crippen LogP contribution in [0.3, 0.4) is 0 Å². The van der Waals surface area contributed by atoms with Crippen molar-refractivity contribution in [2.45, 2.75) is 179 Å². The highest BCUT2D eigenvalue weighted by atomic mass is 16.4. The molecule has 0 aliphatic rings. The average Bonchev–Trinajstić information content (AvgIpc) is 3.73. The highest BCUT2D eigenvalue weighted by Crippen LogP contribution is 2.12. The number of H-pyrrole nitrogens is 1. The second-order valence-electron chi connectivity index (χ2n) is 15.9. The number of ketones is 2. The zero-order chi connectivity index (χ0) is 46.3. The summed E-state index contributed by atoms with van der Waals surface area (Å²) in [5.74, 6) is -5.95. The number of aliphatic hydroxyl groups is 1. The first-order valence-corrected chi connectivity index (χ1v) is 22.1. The van der Waals surface area contributed by atoms with Crippen molar-refractivity contribution in [3.05, 3.63) is 18.2 Å². The summed E-state index contributed by atoms with van der Waals surface area (Å²) in [7, 11) is 0. The van der Waals surface area contributed by atoms with Crippen LogP contribution in [0.15, 0.2) is 12.5 Å². The van der Waals surface area contributed by atoms with Crippen LogP contribution in [-0.2, 0) is 44.8 Å². The van der Waals surface area contributed by atoms with Crippen LogP contribution in [0.5, 0.6) is 0 Å². The molecule has 0 saturated heterocycles. The molecule has 62 heavy (non-hydrogen) atoms. The van der Waals surface area contributed by atoms with E-state index in [1.165, 1.54) is 51.8 Å². The number of primary amides is 1. The summed E-state index contributed by atoms with van der Waals surface area (Å²) < 4.78 is 0. The van der Waals surface area contributed by atoms with E-state index in [2.05, 4.69) is 43.5 Å². The molecule has 1 rings (SSSR count). The third-order valence-corrected chi connectivity index (χ3v) is 10.4. The molecule has 20 heteroatoms. The number of unbranched alkanes of at least 4 members (excludes halogenated alkanes) is 11. The number of rotatable bonds is 39. The lowest BCUT2D eigenvalue weighted by atomic mass is 10.0. The SMILES string of the molecule is CCCCCCCCCCCCCC(=O)N[C@@H](CCC(=O)N[C@@H](CCC(=O)NCCCC[C@H](NCC(=O)[C@@H](N)Cc1cnc[nH]1)C(=O)CN[C@H](C(N)=O)[C@@H](C)O)C(=O)O)C(=O)O. The number of aromatic amines is 1. The van der Waals surface area contributed by atoms with Crippen molar-refractivity contribution < 1.29 is 53.7 Å². The normalized spacial score (nSPS) is 14.1. The Morgan fingerprint density at radius 1 is 0.677 bits per heavy atom. The van der Waals surface area contributed by atoms with E-state index in [4.69, 9.17) is 11.5 Å². The number of carbonyl (C=O) groups excluding carboxylic acids is 6. The smallest absolute Gasteiger partial charge is 0.326 e. The number of carbonyl (C=O) groups is 8. The highest BCUT2D eigenvalue weighted by molar-refractivity contribution is 5.90. The molecule has 0 aromatic carbocycles. The van der Waals surface area contributed by atoms with Crippen molar-refractivity contribution in [2.75, 3.05) is 19.6 Å². The molecule has 1 aromatic heterocycles. The molecule has 1 aromatic rings. The summed E-state index contributed by atoms with van der Waals surface area (Å²) in [6.07, 6.45) is 14.4. The molecule has 0 fully saturated rings. The predicted molar refractivity (Wildman–Crippen MR) is 230 cm³/mol. The number of carboxylic acids is 2. The van der Waals surface area contributed by atoms with Gasteiger partial charge in [-0.1, -0.05) is 71.1 Å². The molecule has 352 valence electrons. The highest BCUT2D eigenvalue weighted by Gasteiger charge is 2.27. The number of aliphatic carboxylic acids is 2. The van der Waals surface area contributed by atoms with E-state index in [0.29, 0.717) is 25.0 Å². The van der Waals surface area contributed by atoms with Crippen LogP contribution in [0.25, 0.3) is 0 Å². The zero-order valence-corrected chi connectivity index (χ0v) is 36.6. The van der Waals surface area contributed by atoms with Crippen molar-refractivity contribution in [1.29, 1.82) is 0 Å². The van der Waals surface area contributed by atoms with Gasteiger partial charge in [0.2, 0.25) is 23.6 Å². The quantitative estimate of drug-likeness (QED) is 0.0409. The van der Waals surface area contributed by atoms with Crippen LogP contribution in [0, 0.1) is 0 Å². The van der Waals surface area contributed by atoms with Crippen molar-refractivity contribution in [3.8, 4) is 0 Å². The van der Waals surface area contributed by atoms with Gasteiger partial charge in [-0.3, -0.25) is 34.1 Å². The zero-order valence-electron chi connectivity index (χ0n) is 36.6. The van der Waals surface area contributed by atoms with Crippen LogP contribution in [0.1, 0.15) is 142 Å². The minimum absolute atomic E-state index is 0.170. The van der Waals surface area contributed by atoms with Gasteiger partial charge in [-0.15, -0.1) is 0 Å². The Bertz CT molecular complexity index is 1510. The topological polar surface area (TPSA) is 338 Å². The van der Waals surface area contributed by atoms with Gasteiger partial charge in [0.25, 0.3) is 0 Å². The van der Waals surface area contributed by atoms with E-state index in [9.17, 15) is 53.7 Å². The van der Waals surface area contributed by atoms with Gasteiger partial charge in [0, 0.05) is 44.1 Å². The van der Waals surface area contributed by atoms with Gasteiger partial charge in [0.15, 0.2) is 11.6 Å². The number of hydrogen-bond donors (Lipinski definition) is 11. The van der Waals surface area contributed by atoms with Gasteiger partial charge >= 0.3 is 11.9 Å². The predicted octanol–water partition coefficient (Wildman–Crippen LogP) is 0.887. The van der Waals surface area contributed by atoms with Gasteiger partial charge in [-0.2, -0.15) is 0 Å². The van der Waals surface area contributed by atoms with E-state index in [1.54, 1.807) is 6.20 Å². The van der Waals surface area contributed by atoms with E-state index in [0.717, 1.165) is 25.7 Å². The Labute approximate surface area is 364 Å². The molecule has 0 unspecified atom stereocenters. The molecule has 0 saturated carbocycles. The largest absolute Gasteiger partial charge is 0.480 e. The molecule has 0 aliphatic carbocycles. The number of hydrogen-bond acceptors (Lipinski definition) is 13. The van der Waals surface area contributed by atoms with E-state index in [-0.39, 0.29) is 70.4 Å². The van der Waals surface area contributed by atoms with Crippen LogP contribution >= 0.6 is 0 Å². The van der Waals surface area contributed by atoms with Crippen molar-refractivity contribution in [2.24, 2.45) is 11.5 Å². The lowest BCUT2D eigenvalue weighted by Gasteiger charge is -2.22. The number of amides is 4. The number of nitrogens with two attached hydrogens (primary N) is 2. The molecule has 4 amide bonds. The lowest BCUT2D eigenvalue weighted by Crippen LogP contribution is -2.53. The fraction of sp³-hybridized carbons (Fsp3) is 0.738. The number of aromatic nitrogens is 2. The summed E-state index contributed by atoms with van der Waals surface area (Å²) in [4.78, 5) is 105. The maximum Gasteiger partial charge on any atom is 0.326 e. The van der Waals surface area contributed by atoms with Crippen molar-refractivity contribution in [1.82, 2.24) is 36.6 Å². The summed E-state index contributed by atoms with van der Waals surface area (Å²) in [6, 6.07) is -5.64. The first-order chi connectivity index (χ1) is 29.5. The Morgan fingerprint density at radius 3 is 1.73 bits per heavy atom. The number of aliphatic hydroxyl groups excluding tert-OH is 1. The first-order valence-electron chi connectivity index (χ1n) is 22.1. The number of nitrogens with zero attached hydrogens (tertiary/aromatic N) is 1. The van der Waals surface area contributed by atoms with Gasteiger partial charge < -0.3 is 53.0 Å². The second-order valence-corrected chi connectivity index (χ2v) is 15.9. The Morgan fingerprint density at radius 2 is 1.21 bits per heavy atom. The lowest BCUT2D eigenvalue weighted by molar-refractivity contribution is -0.143. The molecule has 0 aliphatic heterocycles. The van der Waals surface area contributed by atoms with Crippen LogP contribution in [0.2, 0.25) is 0 Å². The molecule has 0 bridgehead atoms. The molecule has 1 heterocycles. The molecular weight excluding hydrogens is 807 g/mol. The van der Waals surface area contributed by atoms with E-state index < -0.39 is 77.7 Å². The monoisotopic (exact) mass is 880 g/mol. The molecule has 6 atom stereocenters. The number of Topliss-reactive ketones (excluding diaryl/α,β-unsaturated/α-hetero) is 2. The van der Waals surface area contributed by atoms with E-state index >= 15 is 0 Å². The van der Waals surface area contributed by atoms with E-state index in [1.807, 2.05) is 0 Å². The fourth-order valence-electron chi connectivity index (χ4n) is 6.66. The first kappa shape index (κ1) is 55.2.